The lowest BCUT2D eigenvalue weighted by Crippen LogP contribution is -1.96. The summed E-state index contributed by atoms with van der Waals surface area (Å²) < 4.78 is 3.52. The van der Waals surface area contributed by atoms with Crippen molar-refractivity contribution in [3.63, 3.8) is 0 Å². The van der Waals surface area contributed by atoms with Crippen molar-refractivity contribution >= 4 is 43.2 Å². The molecule has 0 unspecified atom stereocenters. The van der Waals surface area contributed by atoms with Gasteiger partial charge in [-0.1, -0.05) is 15.9 Å². The number of nitrogen functional groups attached to an aromatic ring is 1. The Hall–Kier alpha value is -1.47. The summed E-state index contributed by atoms with van der Waals surface area (Å²) in [5.74, 6) is 0.664. The van der Waals surface area contributed by atoms with Crippen molar-refractivity contribution in [3.8, 4) is 11.4 Å². The van der Waals surface area contributed by atoms with E-state index in [-0.39, 0.29) is 0 Å². The van der Waals surface area contributed by atoms with E-state index in [1.807, 2.05) is 12.1 Å². The molecule has 0 radical (unpaired) electrons. The Kier molecular flexibility index (Phi) is 2.79. The molecule has 2 heterocycles. The van der Waals surface area contributed by atoms with Gasteiger partial charge in [0.15, 0.2) is 11.5 Å². The fraction of sp³-hybridized carbons (Fsp3) is 0. The normalized spacial score (nSPS) is 11.0. The van der Waals surface area contributed by atoms with Crippen LogP contribution in [0.5, 0.6) is 0 Å². The number of rotatable bonds is 1. The van der Waals surface area contributed by atoms with Crippen molar-refractivity contribution in [2.75, 3.05) is 5.73 Å². The van der Waals surface area contributed by atoms with E-state index in [0.29, 0.717) is 11.5 Å². The fourth-order valence-electron chi connectivity index (χ4n) is 1.70. The lowest BCUT2D eigenvalue weighted by molar-refractivity contribution is 1.08. The van der Waals surface area contributed by atoms with Crippen LogP contribution in [-0.2, 0) is 0 Å². The largest absolute Gasteiger partial charge is 0.397 e. The van der Waals surface area contributed by atoms with Gasteiger partial charge < -0.3 is 5.73 Å². The fourth-order valence-corrected chi connectivity index (χ4v) is 2.92. The van der Waals surface area contributed by atoms with Crippen LogP contribution in [-0.4, -0.2) is 19.6 Å². The zero-order valence-electron chi connectivity index (χ0n) is 9.01. The number of halogens is 2. The molecule has 0 aliphatic heterocycles. The first kappa shape index (κ1) is 11.6. The minimum absolute atomic E-state index is 0.622. The summed E-state index contributed by atoms with van der Waals surface area (Å²) in [5, 5.41) is 8.24. The van der Waals surface area contributed by atoms with E-state index < -0.39 is 0 Å². The Morgan fingerprint density at radius 3 is 2.83 bits per heavy atom. The second kappa shape index (κ2) is 4.33. The van der Waals surface area contributed by atoms with E-state index >= 15 is 0 Å². The van der Waals surface area contributed by atoms with Crippen molar-refractivity contribution in [1.29, 1.82) is 0 Å². The molecular formula is C11H7Br2N5. The Balaban J connectivity index is 2.33. The number of nitrogens with zero attached hydrogens (tertiary/aromatic N) is 4. The molecule has 3 aromatic rings. The van der Waals surface area contributed by atoms with Gasteiger partial charge in [0.25, 0.3) is 0 Å². The highest BCUT2D eigenvalue weighted by Crippen LogP contribution is 2.34. The van der Waals surface area contributed by atoms with Crippen LogP contribution in [0, 0.1) is 0 Å². The van der Waals surface area contributed by atoms with Crippen LogP contribution in [0.3, 0.4) is 0 Å². The third-order valence-corrected chi connectivity index (χ3v) is 3.66. The highest BCUT2D eigenvalue weighted by Gasteiger charge is 2.13. The van der Waals surface area contributed by atoms with Gasteiger partial charge in [-0.2, -0.15) is 0 Å². The van der Waals surface area contributed by atoms with Gasteiger partial charge in [0, 0.05) is 26.8 Å². The van der Waals surface area contributed by atoms with E-state index in [1.54, 1.807) is 23.0 Å². The quantitative estimate of drug-likeness (QED) is 0.670. The van der Waals surface area contributed by atoms with Crippen molar-refractivity contribution in [2.24, 2.45) is 0 Å². The molecule has 0 saturated heterocycles. The van der Waals surface area contributed by atoms with Crippen LogP contribution >= 0.6 is 31.9 Å². The van der Waals surface area contributed by atoms with Crippen LogP contribution in [0.25, 0.3) is 17.0 Å². The lowest BCUT2D eigenvalue weighted by atomic mass is 10.2. The van der Waals surface area contributed by atoms with E-state index in [2.05, 4.69) is 47.0 Å². The maximum atomic E-state index is 6.06. The van der Waals surface area contributed by atoms with E-state index in [1.165, 1.54) is 0 Å². The van der Waals surface area contributed by atoms with Crippen LogP contribution in [0.4, 0.5) is 5.69 Å². The first-order chi connectivity index (χ1) is 8.66. The SMILES string of the molecule is Nc1c(Br)cc(Br)cc1-c1nnc2ccncn12. The molecule has 0 atom stereocenters. The van der Waals surface area contributed by atoms with Gasteiger partial charge in [0.2, 0.25) is 0 Å². The van der Waals surface area contributed by atoms with Crippen LogP contribution in [0.15, 0.2) is 39.7 Å². The summed E-state index contributed by atoms with van der Waals surface area (Å²) in [5.41, 5.74) is 8.22. The Labute approximate surface area is 119 Å². The number of hydrogen-bond donors (Lipinski definition) is 1. The summed E-state index contributed by atoms with van der Waals surface area (Å²) in [6.07, 6.45) is 3.34. The molecule has 3 rings (SSSR count). The Morgan fingerprint density at radius 2 is 2.00 bits per heavy atom. The molecule has 2 N–H and O–H groups in total. The molecule has 18 heavy (non-hydrogen) atoms. The van der Waals surface area contributed by atoms with Crippen molar-refractivity contribution in [1.82, 2.24) is 19.6 Å². The first-order valence-corrected chi connectivity index (χ1v) is 6.65. The molecule has 90 valence electrons. The molecule has 1 aromatic carbocycles. The maximum Gasteiger partial charge on any atom is 0.171 e. The number of nitrogens with two attached hydrogens (primary N) is 1. The number of anilines is 1. The summed E-state index contributed by atoms with van der Waals surface area (Å²) >= 11 is 6.86. The molecule has 0 amide bonds. The highest BCUT2D eigenvalue weighted by molar-refractivity contribution is 9.11. The predicted octanol–water partition coefficient (Wildman–Crippen LogP) is 2.90. The van der Waals surface area contributed by atoms with Crippen LogP contribution in [0.2, 0.25) is 0 Å². The second-order valence-electron chi connectivity index (χ2n) is 3.68. The van der Waals surface area contributed by atoms with Crippen molar-refractivity contribution in [2.45, 2.75) is 0 Å². The number of hydrogen-bond acceptors (Lipinski definition) is 4. The van der Waals surface area contributed by atoms with Gasteiger partial charge in [-0.3, -0.25) is 4.40 Å². The zero-order valence-corrected chi connectivity index (χ0v) is 12.2. The maximum absolute atomic E-state index is 6.06. The predicted molar refractivity (Wildman–Crippen MR) is 76.0 cm³/mol. The van der Waals surface area contributed by atoms with Gasteiger partial charge in [-0.25, -0.2) is 4.98 Å². The Bertz CT molecular complexity index is 737. The third kappa shape index (κ3) is 1.79. The summed E-state index contributed by atoms with van der Waals surface area (Å²) in [6.45, 7) is 0. The number of fused-ring (bicyclic) bond motifs is 1. The molecule has 0 fully saturated rings. The highest BCUT2D eigenvalue weighted by atomic mass is 79.9. The molecule has 5 nitrogen and oxygen atoms in total. The smallest absolute Gasteiger partial charge is 0.171 e. The zero-order chi connectivity index (χ0) is 12.7. The summed E-state index contributed by atoms with van der Waals surface area (Å²) in [6, 6.07) is 5.59. The Morgan fingerprint density at radius 1 is 1.17 bits per heavy atom. The van der Waals surface area contributed by atoms with Crippen molar-refractivity contribution < 1.29 is 0 Å². The van der Waals surface area contributed by atoms with Gasteiger partial charge >= 0.3 is 0 Å². The molecule has 7 heteroatoms. The van der Waals surface area contributed by atoms with Crippen LogP contribution in [0.1, 0.15) is 0 Å². The molecule has 0 bridgehead atoms. The molecule has 0 aliphatic rings. The molecule has 0 spiro atoms. The van der Waals surface area contributed by atoms with Crippen LogP contribution < -0.4 is 5.73 Å². The minimum Gasteiger partial charge on any atom is -0.397 e. The van der Waals surface area contributed by atoms with E-state index in [0.717, 1.165) is 20.2 Å². The van der Waals surface area contributed by atoms with Gasteiger partial charge in [-0.05, 0) is 28.1 Å². The van der Waals surface area contributed by atoms with Crippen molar-refractivity contribution in [3.05, 3.63) is 39.7 Å². The van der Waals surface area contributed by atoms with E-state index in [9.17, 15) is 0 Å². The summed E-state index contributed by atoms with van der Waals surface area (Å²) in [7, 11) is 0. The lowest BCUT2D eigenvalue weighted by Gasteiger charge is -2.06. The monoisotopic (exact) mass is 367 g/mol. The third-order valence-electron chi connectivity index (χ3n) is 2.55. The minimum atomic E-state index is 0.622. The van der Waals surface area contributed by atoms with E-state index in [4.69, 9.17) is 5.73 Å². The average molecular weight is 369 g/mol. The molecule has 0 saturated carbocycles. The first-order valence-electron chi connectivity index (χ1n) is 5.06. The van der Waals surface area contributed by atoms with Gasteiger partial charge in [0.1, 0.15) is 6.33 Å². The molecule has 0 aliphatic carbocycles. The molecule has 2 aromatic heterocycles. The second-order valence-corrected chi connectivity index (χ2v) is 5.45. The summed E-state index contributed by atoms with van der Waals surface area (Å²) in [4.78, 5) is 4.06. The molecular weight excluding hydrogens is 362 g/mol. The number of aromatic nitrogens is 4. The number of benzene rings is 1. The average Bonchev–Trinajstić information content (AvgIpc) is 2.77. The van der Waals surface area contributed by atoms with Gasteiger partial charge in [0.05, 0.1) is 5.69 Å². The topological polar surface area (TPSA) is 69.1 Å². The standard InChI is InChI=1S/C11H7Br2N5/c12-6-3-7(10(14)8(13)4-6)11-17-16-9-1-2-15-5-18(9)11/h1-5H,14H2. The van der Waals surface area contributed by atoms with Gasteiger partial charge in [-0.15, -0.1) is 10.2 Å².